The van der Waals surface area contributed by atoms with E-state index >= 15 is 0 Å². The van der Waals surface area contributed by atoms with Gasteiger partial charge in [-0.3, -0.25) is 4.79 Å². The molecule has 0 fully saturated rings. The summed E-state index contributed by atoms with van der Waals surface area (Å²) < 4.78 is 0.843. The molecule has 104 valence electrons. The van der Waals surface area contributed by atoms with Crippen LogP contribution < -0.4 is 11.1 Å². The van der Waals surface area contributed by atoms with Crippen LogP contribution in [0.25, 0.3) is 0 Å². The molecule has 3 N–H and O–H groups in total. The third-order valence-electron chi connectivity index (χ3n) is 2.91. The van der Waals surface area contributed by atoms with E-state index in [4.69, 9.17) is 17.3 Å². The van der Waals surface area contributed by atoms with Gasteiger partial charge in [-0.15, -0.1) is 0 Å². The fraction of sp³-hybridized carbons (Fsp3) is 0.133. The largest absolute Gasteiger partial charge is 0.399 e. The summed E-state index contributed by atoms with van der Waals surface area (Å²) >= 11 is 9.50. The molecule has 0 aliphatic rings. The average molecular weight is 354 g/mol. The zero-order valence-corrected chi connectivity index (χ0v) is 13.5. The van der Waals surface area contributed by atoms with Gasteiger partial charge in [-0.05, 0) is 65.2 Å². The predicted molar refractivity (Wildman–Crippen MR) is 87.4 cm³/mol. The lowest BCUT2D eigenvalue weighted by atomic mass is 10.1. The van der Waals surface area contributed by atoms with Gasteiger partial charge in [0.05, 0.1) is 16.3 Å². The third kappa shape index (κ3) is 3.14. The van der Waals surface area contributed by atoms with Crippen LogP contribution in [0.1, 0.15) is 21.5 Å². The Balaban J connectivity index is 2.33. The smallest absolute Gasteiger partial charge is 0.257 e. The maximum atomic E-state index is 12.3. The second-order valence-electron chi connectivity index (χ2n) is 4.63. The Morgan fingerprint density at radius 1 is 1.25 bits per heavy atom. The topological polar surface area (TPSA) is 55.1 Å². The van der Waals surface area contributed by atoms with Crippen LogP contribution in [0.15, 0.2) is 34.8 Å². The summed E-state index contributed by atoms with van der Waals surface area (Å²) in [7, 11) is 0. The van der Waals surface area contributed by atoms with Crippen molar-refractivity contribution in [1.29, 1.82) is 0 Å². The molecule has 0 unspecified atom stereocenters. The van der Waals surface area contributed by atoms with Crippen molar-refractivity contribution >= 4 is 44.8 Å². The summed E-state index contributed by atoms with van der Waals surface area (Å²) in [6.45, 7) is 3.94. The number of hydrogen-bond donors (Lipinski definition) is 2. The quantitative estimate of drug-likeness (QED) is 0.778. The number of carbonyl (C=O) groups is 1. The Morgan fingerprint density at radius 3 is 2.55 bits per heavy atom. The molecular weight excluding hydrogens is 340 g/mol. The van der Waals surface area contributed by atoms with Crippen molar-refractivity contribution in [3.8, 4) is 0 Å². The number of amides is 1. The molecule has 20 heavy (non-hydrogen) atoms. The molecule has 0 bridgehead atoms. The first-order valence-electron chi connectivity index (χ1n) is 6.01. The van der Waals surface area contributed by atoms with E-state index in [1.807, 2.05) is 26.0 Å². The molecule has 0 aromatic heterocycles. The van der Waals surface area contributed by atoms with Gasteiger partial charge in [-0.1, -0.05) is 17.7 Å². The molecule has 3 nitrogen and oxygen atoms in total. The molecule has 0 saturated carbocycles. The van der Waals surface area contributed by atoms with Crippen molar-refractivity contribution < 1.29 is 4.79 Å². The van der Waals surface area contributed by atoms with Crippen LogP contribution in [0.3, 0.4) is 0 Å². The second kappa shape index (κ2) is 5.85. The zero-order valence-electron chi connectivity index (χ0n) is 11.1. The zero-order chi connectivity index (χ0) is 14.9. The van der Waals surface area contributed by atoms with Crippen molar-refractivity contribution in [3.63, 3.8) is 0 Å². The molecule has 0 aliphatic carbocycles. The Bertz CT molecular complexity index is 663. The highest BCUT2D eigenvalue weighted by Gasteiger charge is 2.14. The van der Waals surface area contributed by atoms with Gasteiger partial charge in [-0.2, -0.15) is 0 Å². The van der Waals surface area contributed by atoms with Gasteiger partial charge in [0, 0.05) is 10.2 Å². The number of nitrogen functional groups attached to an aromatic ring is 1. The van der Waals surface area contributed by atoms with E-state index in [0.717, 1.165) is 21.3 Å². The lowest BCUT2D eigenvalue weighted by Crippen LogP contribution is -2.14. The molecule has 2 rings (SSSR count). The molecule has 2 aromatic rings. The molecule has 0 atom stereocenters. The number of halogens is 2. The number of nitrogens with two attached hydrogens (primary N) is 1. The van der Waals surface area contributed by atoms with Gasteiger partial charge in [0.1, 0.15) is 0 Å². The van der Waals surface area contributed by atoms with Gasteiger partial charge >= 0.3 is 0 Å². The summed E-state index contributed by atoms with van der Waals surface area (Å²) in [5, 5.41) is 3.21. The minimum Gasteiger partial charge on any atom is -0.399 e. The number of rotatable bonds is 2. The lowest BCUT2D eigenvalue weighted by Gasteiger charge is -2.12. The molecule has 2 aromatic carbocycles. The van der Waals surface area contributed by atoms with Gasteiger partial charge in [0.15, 0.2) is 0 Å². The van der Waals surface area contributed by atoms with Crippen LogP contribution in [-0.4, -0.2) is 5.91 Å². The summed E-state index contributed by atoms with van der Waals surface area (Å²) in [5.74, 6) is -0.261. The van der Waals surface area contributed by atoms with E-state index in [9.17, 15) is 4.79 Å². The van der Waals surface area contributed by atoms with E-state index in [-0.39, 0.29) is 5.91 Å². The Hall–Kier alpha value is -1.52. The van der Waals surface area contributed by atoms with Crippen molar-refractivity contribution in [1.82, 2.24) is 0 Å². The normalized spacial score (nSPS) is 10.4. The van der Waals surface area contributed by atoms with Gasteiger partial charge in [-0.25, -0.2) is 0 Å². The molecule has 0 radical (unpaired) electrons. The molecule has 5 heteroatoms. The standard InChI is InChI=1S/C15H14BrClN2O/c1-8-5-9(2)14(12(16)6-8)19-15(20)11-4-3-10(18)7-13(11)17/h3-7H,18H2,1-2H3,(H,19,20). The molecule has 0 aliphatic heterocycles. The van der Waals surface area contributed by atoms with E-state index in [0.29, 0.717) is 16.3 Å². The highest BCUT2D eigenvalue weighted by Crippen LogP contribution is 2.29. The van der Waals surface area contributed by atoms with Crippen molar-refractivity contribution in [3.05, 3.63) is 56.5 Å². The Labute approximate surface area is 131 Å². The Morgan fingerprint density at radius 2 is 1.95 bits per heavy atom. The van der Waals surface area contributed by atoms with Crippen LogP contribution in [0.5, 0.6) is 0 Å². The monoisotopic (exact) mass is 352 g/mol. The minimum absolute atomic E-state index is 0.261. The first kappa shape index (κ1) is 14.9. The fourth-order valence-electron chi connectivity index (χ4n) is 1.97. The van der Waals surface area contributed by atoms with E-state index < -0.39 is 0 Å². The highest BCUT2D eigenvalue weighted by molar-refractivity contribution is 9.10. The SMILES string of the molecule is Cc1cc(C)c(NC(=O)c2ccc(N)cc2Cl)c(Br)c1. The summed E-state index contributed by atoms with van der Waals surface area (Å²) in [4.78, 5) is 12.3. The maximum Gasteiger partial charge on any atom is 0.257 e. The molecule has 0 saturated heterocycles. The third-order valence-corrected chi connectivity index (χ3v) is 3.85. The number of hydrogen-bond acceptors (Lipinski definition) is 2. The fourth-order valence-corrected chi connectivity index (χ4v) is 3.02. The van der Waals surface area contributed by atoms with Gasteiger partial charge in [0.2, 0.25) is 0 Å². The summed E-state index contributed by atoms with van der Waals surface area (Å²) in [6, 6.07) is 8.79. The van der Waals surface area contributed by atoms with E-state index in [1.165, 1.54) is 0 Å². The van der Waals surface area contributed by atoms with Gasteiger partial charge < -0.3 is 11.1 Å². The molecule has 1 amide bonds. The van der Waals surface area contributed by atoms with E-state index in [1.54, 1.807) is 18.2 Å². The van der Waals surface area contributed by atoms with Crippen molar-refractivity contribution in [2.45, 2.75) is 13.8 Å². The molecular formula is C15H14BrClN2O. The summed E-state index contributed by atoms with van der Waals surface area (Å²) in [5.41, 5.74) is 9.39. The predicted octanol–water partition coefficient (Wildman–Crippen LogP) is 4.55. The number of carbonyl (C=O) groups excluding carboxylic acids is 1. The van der Waals surface area contributed by atoms with Crippen LogP contribution in [0.2, 0.25) is 5.02 Å². The summed E-state index contributed by atoms with van der Waals surface area (Å²) in [6.07, 6.45) is 0. The van der Waals surface area contributed by atoms with Crippen LogP contribution in [0.4, 0.5) is 11.4 Å². The van der Waals surface area contributed by atoms with E-state index in [2.05, 4.69) is 21.2 Å². The number of anilines is 2. The first-order valence-corrected chi connectivity index (χ1v) is 7.18. The van der Waals surface area contributed by atoms with Crippen molar-refractivity contribution in [2.75, 3.05) is 11.1 Å². The first-order chi connectivity index (χ1) is 9.38. The molecule has 0 heterocycles. The number of benzene rings is 2. The number of nitrogens with one attached hydrogen (secondary N) is 1. The van der Waals surface area contributed by atoms with Crippen LogP contribution in [-0.2, 0) is 0 Å². The Kier molecular flexibility index (Phi) is 4.35. The second-order valence-corrected chi connectivity index (χ2v) is 5.89. The molecule has 0 spiro atoms. The average Bonchev–Trinajstić information content (AvgIpc) is 2.33. The maximum absolute atomic E-state index is 12.3. The van der Waals surface area contributed by atoms with Crippen molar-refractivity contribution in [2.24, 2.45) is 0 Å². The highest BCUT2D eigenvalue weighted by atomic mass is 79.9. The minimum atomic E-state index is -0.261. The van der Waals surface area contributed by atoms with Crippen LogP contribution >= 0.6 is 27.5 Å². The van der Waals surface area contributed by atoms with Gasteiger partial charge in [0.25, 0.3) is 5.91 Å². The van der Waals surface area contributed by atoms with Crippen LogP contribution in [0, 0.1) is 13.8 Å². The lowest BCUT2D eigenvalue weighted by molar-refractivity contribution is 0.102. The number of aryl methyl sites for hydroxylation is 2.